The monoisotopic (exact) mass is 189 g/mol. The van der Waals surface area contributed by atoms with Crippen molar-refractivity contribution in [1.82, 2.24) is 5.32 Å². The SMILES string of the molecule is Oc1cccc(C2CC23CCNC3)c1. The largest absolute Gasteiger partial charge is 0.508 e. The lowest BCUT2D eigenvalue weighted by Gasteiger charge is -2.07. The zero-order valence-corrected chi connectivity index (χ0v) is 8.16. The average molecular weight is 189 g/mol. The van der Waals surface area contributed by atoms with E-state index in [2.05, 4.69) is 11.4 Å². The number of phenols is 1. The summed E-state index contributed by atoms with van der Waals surface area (Å²) in [7, 11) is 0. The van der Waals surface area contributed by atoms with Gasteiger partial charge in [0.25, 0.3) is 0 Å². The van der Waals surface area contributed by atoms with Crippen LogP contribution in [-0.4, -0.2) is 18.2 Å². The van der Waals surface area contributed by atoms with Gasteiger partial charge in [-0.1, -0.05) is 12.1 Å². The molecule has 1 aromatic carbocycles. The molecule has 0 radical (unpaired) electrons. The van der Waals surface area contributed by atoms with Crippen LogP contribution in [0.15, 0.2) is 24.3 Å². The Morgan fingerprint density at radius 2 is 2.36 bits per heavy atom. The number of nitrogens with one attached hydrogen (secondary N) is 1. The minimum Gasteiger partial charge on any atom is -0.508 e. The molecule has 2 heteroatoms. The molecule has 1 spiro atoms. The van der Waals surface area contributed by atoms with Gasteiger partial charge in [-0.15, -0.1) is 0 Å². The summed E-state index contributed by atoms with van der Waals surface area (Å²) in [5.41, 5.74) is 1.85. The second-order valence-corrected chi connectivity index (χ2v) is 4.64. The Bertz CT molecular complexity index is 355. The van der Waals surface area contributed by atoms with E-state index < -0.39 is 0 Å². The fraction of sp³-hybridized carbons (Fsp3) is 0.500. The standard InChI is InChI=1S/C12H15NO/c14-10-3-1-2-9(6-10)11-7-12(11)4-5-13-8-12/h1-3,6,11,13-14H,4-5,7-8H2. The van der Waals surface area contributed by atoms with E-state index in [4.69, 9.17) is 0 Å². The zero-order chi connectivity index (χ0) is 9.60. The number of hydrogen-bond donors (Lipinski definition) is 2. The van der Waals surface area contributed by atoms with E-state index in [1.54, 1.807) is 6.07 Å². The highest BCUT2D eigenvalue weighted by Gasteiger charge is 2.55. The van der Waals surface area contributed by atoms with Gasteiger partial charge >= 0.3 is 0 Å². The van der Waals surface area contributed by atoms with Gasteiger partial charge < -0.3 is 10.4 Å². The van der Waals surface area contributed by atoms with E-state index >= 15 is 0 Å². The Kier molecular flexibility index (Phi) is 1.62. The summed E-state index contributed by atoms with van der Waals surface area (Å²) in [5, 5.41) is 12.8. The molecule has 2 atom stereocenters. The first kappa shape index (κ1) is 8.30. The Hall–Kier alpha value is -1.02. The first-order chi connectivity index (χ1) is 6.80. The maximum Gasteiger partial charge on any atom is 0.115 e. The molecule has 2 N–H and O–H groups in total. The lowest BCUT2D eigenvalue weighted by molar-refractivity contribution is 0.473. The first-order valence-corrected chi connectivity index (χ1v) is 5.30. The van der Waals surface area contributed by atoms with Crippen LogP contribution in [0.3, 0.4) is 0 Å². The van der Waals surface area contributed by atoms with Gasteiger partial charge in [0.05, 0.1) is 0 Å². The van der Waals surface area contributed by atoms with Crippen LogP contribution in [0.2, 0.25) is 0 Å². The summed E-state index contributed by atoms with van der Waals surface area (Å²) in [5.74, 6) is 1.08. The van der Waals surface area contributed by atoms with Crippen LogP contribution in [0.1, 0.15) is 24.3 Å². The average Bonchev–Trinajstić information content (AvgIpc) is 2.65. The van der Waals surface area contributed by atoms with E-state index in [1.807, 2.05) is 12.1 Å². The van der Waals surface area contributed by atoms with Crippen molar-refractivity contribution in [2.45, 2.75) is 18.8 Å². The number of phenolic OH excluding ortho intramolecular Hbond substituents is 1. The van der Waals surface area contributed by atoms with Gasteiger partial charge in [-0.25, -0.2) is 0 Å². The molecule has 2 nitrogen and oxygen atoms in total. The lowest BCUT2D eigenvalue weighted by Crippen LogP contribution is -2.10. The van der Waals surface area contributed by atoms with Gasteiger partial charge in [0, 0.05) is 6.54 Å². The molecule has 0 amide bonds. The molecule has 14 heavy (non-hydrogen) atoms. The normalized spacial score (nSPS) is 35.0. The van der Waals surface area contributed by atoms with Gasteiger partial charge in [-0.3, -0.25) is 0 Å². The van der Waals surface area contributed by atoms with Crippen molar-refractivity contribution in [3.05, 3.63) is 29.8 Å². The minimum atomic E-state index is 0.399. The molecule has 1 aliphatic carbocycles. The van der Waals surface area contributed by atoms with Gasteiger partial charge in [0.1, 0.15) is 5.75 Å². The fourth-order valence-electron chi connectivity index (χ4n) is 2.80. The van der Waals surface area contributed by atoms with Crippen molar-refractivity contribution in [3.8, 4) is 5.75 Å². The van der Waals surface area contributed by atoms with Gasteiger partial charge in [-0.2, -0.15) is 0 Å². The predicted octanol–water partition coefficient (Wildman–Crippen LogP) is 1.86. The second kappa shape index (κ2) is 2.74. The molecule has 74 valence electrons. The highest BCUT2D eigenvalue weighted by Crippen LogP contribution is 2.62. The smallest absolute Gasteiger partial charge is 0.115 e. The molecule has 1 aliphatic heterocycles. The van der Waals surface area contributed by atoms with Crippen LogP contribution in [-0.2, 0) is 0 Å². The number of rotatable bonds is 1. The second-order valence-electron chi connectivity index (χ2n) is 4.64. The lowest BCUT2D eigenvalue weighted by atomic mass is 9.98. The van der Waals surface area contributed by atoms with Crippen molar-refractivity contribution in [1.29, 1.82) is 0 Å². The molecule has 1 saturated carbocycles. The summed E-state index contributed by atoms with van der Waals surface area (Å²) in [6, 6.07) is 7.74. The van der Waals surface area contributed by atoms with E-state index in [-0.39, 0.29) is 0 Å². The molecule has 1 heterocycles. The van der Waals surface area contributed by atoms with Crippen LogP contribution in [0, 0.1) is 5.41 Å². The number of aromatic hydroxyl groups is 1. The minimum absolute atomic E-state index is 0.399. The third kappa shape index (κ3) is 1.14. The highest BCUT2D eigenvalue weighted by molar-refractivity contribution is 5.36. The van der Waals surface area contributed by atoms with E-state index in [9.17, 15) is 5.11 Å². The molecular weight excluding hydrogens is 174 g/mol. The molecule has 2 fully saturated rings. The van der Waals surface area contributed by atoms with Crippen molar-refractivity contribution in [2.24, 2.45) is 5.41 Å². The summed E-state index contributed by atoms with van der Waals surface area (Å²) < 4.78 is 0. The van der Waals surface area contributed by atoms with Crippen molar-refractivity contribution in [3.63, 3.8) is 0 Å². The van der Waals surface area contributed by atoms with Gasteiger partial charge in [0.2, 0.25) is 0 Å². The Morgan fingerprint density at radius 3 is 3.07 bits per heavy atom. The number of hydrogen-bond acceptors (Lipinski definition) is 2. The molecule has 0 bridgehead atoms. The van der Waals surface area contributed by atoms with E-state index in [0.29, 0.717) is 17.1 Å². The van der Waals surface area contributed by atoms with Crippen LogP contribution in [0.4, 0.5) is 0 Å². The van der Waals surface area contributed by atoms with Crippen LogP contribution in [0.5, 0.6) is 5.75 Å². The third-order valence-electron chi connectivity index (χ3n) is 3.74. The van der Waals surface area contributed by atoms with E-state index in [1.165, 1.54) is 18.4 Å². The third-order valence-corrected chi connectivity index (χ3v) is 3.74. The maximum atomic E-state index is 9.41. The Morgan fingerprint density at radius 1 is 1.43 bits per heavy atom. The van der Waals surface area contributed by atoms with Gasteiger partial charge in [-0.05, 0) is 48.4 Å². The van der Waals surface area contributed by atoms with Crippen LogP contribution < -0.4 is 5.32 Å². The van der Waals surface area contributed by atoms with Crippen LogP contribution in [0.25, 0.3) is 0 Å². The first-order valence-electron chi connectivity index (χ1n) is 5.30. The molecular formula is C12H15NO. The summed E-state index contributed by atoms with van der Waals surface area (Å²) >= 11 is 0. The van der Waals surface area contributed by atoms with Crippen LogP contribution >= 0.6 is 0 Å². The molecule has 0 aromatic heterocycles. The quantitative estimate of drug-likeness (QED) is 0.706. The van der Waals surface area contributed by atoms with E-state index in [0.717, 1.165) is 13.1 Å². The molecule has 1 aromatic rings. The van der Waals surface area contributed by atoms with Gasteiger partial charge in [0.15, 0.2) is 0 Å². The maximum absolute atomic E-state index is 9.41. The molecule has 2 aliphatic rings. The predicted molar refractivity (Wildman–Crippen MR) is 55.4 cm³/mol. The number of benzene rings is 1. The highest BCUT2D eigenvalue weighted by atomic mass is 16.3. The summed E-state index contributed by atoms with van der Waals surface area (Å²) in [4.78, 5) is 0. The Balaban J connectivity index is 1.85. The topological polar surface area (TPSA) is 32.3 Å². The molecule has 3 rings (SSSR count). The summed E-state index contributed by atoms with van der Waals surface area (Å²) in [6.07, 6.45) is 2.59. The van der Waals surface area contributed by atoms with Crippen molar-refractivity contribution < 1.29 is 5.11 Å². The molecule has 1 saturated heterocycles. The fourth-order valence-corrected chi connectivity index (χ4v) is 2.80. The molecule has 2 unspecified atom stereocenters. The Labute approximate surface area is 84.0 Å². The van der Waals surface area contributed by atoms with Crippen molar-refractivity contribution >= 4 is 0 Å². The van der Waals surface area contributed by atoms with Crippen molar-refractivity contribution in [2.75, 3.05) is 13.1 Å². The zero-order valence-electron chi connectivity index (χ0n) is 8.16. The summed E-state index contributed by atoms with van der Waals surface area (Å²) in [6.45, 7) is 2.32.